The zero-order valence-corrected chi connectivity index (χ0v) is 24.0. The Labute approximate surface area is 250 Å². The van der Waals surface area contributed by atoms with Crippen LogP contribution in [-0.4, -0.2) is 70.8 Å². The van der Waals surface area contributed by atoms with Crippen molar-refractivity contribution in [2.75, 3.05) is 32.1 Å². The number of hydrogen-bond donors (Lipinski definition) is 3. The van der Waals surface area contributed by atoms with Gasteiger partial charge in [0, 0.05) is 37.7 Å². The molecule has 3 heterocycles. The summed E-state index contributed by atoms with van der Waals surface area (Å²) in [5.41, 5.74) is 1.08. The number of halogens is 3. The van der Waals surface area contributed by atoms with Crippen LogP contribution in [-0.2, 0) is 15.7 Å². The summed E-state index contributed by atoms with van der Waals surface area (Å²) in [4.78, 5) is 38.6. The summed E-state index contributed by atoms with van der Waals surface area (Å²) in [5, 5.41) is 5.91. The van der Waals surface area contributed by atoms with E-state index in [1.165, 1.54) is 31.5 Å². The van der Waals surface area contributed by atoms with Gasteiger partial charge in [0.2, 0.25) is 5.95 Å². The van der Waals surface area contributed by atoms with Crippen LogP contribution < -0.4 is 15.4 Å². The van der Waals surface area contributed by atoms with E-state index in [-0.39, 0.29) is 18.3 Å². The highest BCUT2D eigenvalue weighted by atomic mass is 19.4. The second-order valence-corrected chi connectivity index (χ2v) is 10.1. The average molecular weight is 613 g/mol. The summed E-state index contributed by atoms with van der Waals surface area (Å²) >= 11 is 0. The van der Waals surface area contributed by atoms with E-state index >= 15 is 0 Å². The number of aromatic nitrogens is 3. The minimum atomic E-state index is -4.41. The molecule has 0 radical (unpaired) electrons. The van der Waals surface area contributed by atoms with E-state index in [4.69, 9.17) is 14.2 Å². The lowest BCUT2D eigenvalue weighted by Gasteiger charge is -2.37. The van der Waals surface area contributed by atoms with Crippen molar-refractivity contribution in [3.05, 3.63) is 72.1 Å². The number of H-pyrrole nitrogens is 1. The maximum Gasteiger partial charge on any atom is 0.416 e. The molecule has 2 amide bonds. The fourth-order valence-electron chi connectivity index (χ4n) is 4.73. The number of imidazole rings is 1. The molecule has 1 unspecified atom stereocenters. The molecule has 0 saturated carbocycles. The topological polar surface area (TPSA) is 131 Å². The van der Waals surface area contributed by atoms with Gasteiger partial charge in [-0.2, -0.15) is 13.2 Å². The van der Waals surface area contributed by atoms with Crippen molar-refractivity contribution in [3.8, 4) is 11.5 Å². The molecule has 5 rings (SSSR count). The van der Waals surface area contributed by atoms with Gasteiger partial charge in [-0.3, -0.25) is 9.78 Å². The number of methoxy groups -OCH3 is 1. The van der Waals surface area contributed by atoms with Crippen molar-refractivity contribution < 1.29 is 37.0 Å². The average Bonchev–Trinajstić information content (AvgIpc) is 3.41. The number of ether oxygens (including phenoxy) is 3. The largest absolute Gasteiger partial charge is 0.457 e. The molecule has 2 atom stereocenters. The van der Waals surface area contributed by atoms with Gasteiger partial charge in [-0.05, 0) is 55.3 Å². The van der Waals surface area contributed by atoms with Crippen LogP contribution in [0.3, 0.4) is 0 Å². The molecular formula is C30H31F3N6O5. The van der Waals surface area contributed by atoms with Crippen molar-refractivity contribution >= 4 is 34.7 Å². The number of hydrogen-bond acceptors (Lipinski definition) is 8. The van der Waals surface area contributed by atoms with Crippen molar-refractivity contribution in [2.45, 2.75) is 38.1 Å². The van der Waals surface area contributed by atoms with Crippen molar-refractivity contribution in [3.63, 3.8) is 0 Å². The van der Waals surface area contributed by atoms with Crippen LogP contribution in [0.1, 0.15) is 35.8 Å². The number of likely N-dealkylation sites (tertiary alicyclic amines) is 1. The first-order chi connectivity index (χ1) is 21.1. The van der Waals surface area contributed by atoms with E-state index in [1.54, 1.807) is 29.2 Å². The number of carbonyl (C=O) groups excluding carboxylic acids is 2. The third-order valence-electron chi connectivity index (χ3n) is 7.00. The van der Waals surface area contributed by atoms with Crippen LogP contribution in [0, 0.1) is 0 Å². The normalized spacial score (nSPS) is 16.9. The quantitative estimate of drug-likeness (QED) is 0.214. The summed E-state index contributed by atoms with van der Waals surface area (Å²) < 4.78 is 55.2. The molecule has 1 saturated heterocycles. The van der Waals surface area contributed by atoms with E-state index < -0.39 is 29.8 Å². The lowest BCUT2D eigenvalue weighted by molar-refractivity contribution is -0.137. The van der Waals surface area contributed by atoms with Gasteiger partial charge < -0.3 is 34.7 Å². The van der Waals surface area contributed by atoms with Gasteiger partial charge in [-0.15, -0.1) is 0 Å². The molecule has 44 heavy (non-hydrogen) atoms. The standard InChI is InChI=1S/C30H31F3N6O5/c1-3-14-43-29(41)39-13-11-23(26(17-39)42-2)36-27(40)25-16-21(10-12-34-25)44-20-8-9-22-24(15-20)38-28(37-22)35-19-6-4-18(5-7-19)30(31,32)33/h4-10,12,15-16,23,26H,3,11,13-14,17H2,1-2H3,(H,36,40)(H2,35,37,38)/t23?,26-/m1/s1. The zero-order valence-electron chi connectivity index (χ0n) is 24.0. The van der Waals surface area contributed by atoms with Gasteiger partial charge in [0.05, 0.1) is 41.9 Å². The van der Waals surface area contributed by atoms with Gasteiger partial charge in [0.15, 0.2) is 0 Å². The first-order valence-electron chi connectivity index (χ1n) is 14.0. The molecule has 2 aromatic carbocycles. The Kier molecular flexibility index (Phi) is 9.18. The third-order valence-corrected chi connectivity index (χ3v) is 7.00. The van der Waals surface area contributed by atoms with Crippen molar-refractivity contribution in [1.29, 1.82) is 0 Å². The van der Waals surface area contributed by atoms with Crippen molar-refractivity contribution in [1.82, 2.24) is 25.2 Å². The minimum absolute atomic E-state index is 0.144. The summed E-state index contributed by atoms with van der Waals surface area (Å²) in [6.45, 7) is 2.97. The Morgan fingerprint density at radius 2 is 1.86 bits per heavy atom. The van der Waals surface area contributed by atoms with E-state index in [2.05, 4.69) is 25.6 Å². The molecule has 11 nitrogen and oxygen atoms in total. The highest BCUT2D eigenvalue weighted by molar-refractivity contribution is 5.93. The van der Waals surface area contributed by atoms with Crippen LogP contribution >= 0.6 is 0 Å². The van der Waals surface area contributed by atoms with E-state index in [0.29, 0.717) is 53.7 Å². The summed E-state index contributed by atoms with van der Waals surface area (Å²) in [6.07, 6.45) is -2.55. The molecule has 0 spiro atoms. The number of fused-ring (bicyclic) bond motifs is 1. The molecule has 4 aromatic rings. The molecule has 1 fully saturated rings. The van der Waals surface area contributed by atoms with Crippen LogP contribution in [0.4, 0.5) is 29.6 Å². The van der Waals surface area contributed by atoms with E-state index in [1.807, 2.05) is 6.92 Å². The second-order valence-electron chi connectivity index (χ2n) is 10.1. The first-order valence-corrected chi connectivity index (χ1v) is 14.0. The number of pyridine rings is 1. The molecule has 0 aliphatic carbocycles. The van der Waals surface area contributed by atoms with Gasteiger partial charge in [-0.1, -0.05) is 6.92 Å². The monoisotopic (exact) mass is 612 g/mol. The summed E-state index contributed by atoms with van der Waals surface area (Å²) in [7, 11) is 1.53. The lowest BCUT2D eigenvalue weighted by Crippen LogP contribution is -2.56. The number of carbonyl (C=O) groups is 2. The van der Waals surface area contributed by atoms with Crippen LogP contribution in [0.5, 0.6) is 11.5 Å². The first kappa shape index (κ1) is 30.6. The Balaban J connectivity index is 1.21. The number of alkyl halides is 3. The SMILES string of the molecule is CCCOC(=O)N1CCC(NC(=O)c2cc(Oc3ccc4[nH]c(Nc5ccc(C(F)(F)F)cc5)nc4c3)ccn2)[C@H](OC)C1. The molecule has 0 bridgehead atoms. The van der Waals surface area contributed by atoms with Gasteiger partial charge in [0.25, 0.3) is 5.91 Å². The molecule has 1 aliphatic rings. The zero-order chi connectivity index (χ0) is 31.3. The number of nitrogens with zero attached hydrogens (tertiary/aromatic N) is 3. The predicted molar refractivity (Wildman–Crippen MR) is 155 cm³/mol. The van der Waals surface area contributed by atoms with Gasteiger partial charge in [-0.25, -0.2) is 9.78 Å². The maximum absolute atomic E-state index is 13.1. The number of anilines is 2. The number of amides is 2. The van der Waals surface area contributed by atoms with Crippen molar-refractivity contribution in [2.24, 2.45) is 0 Å². The number of benzene rings is 2. The molecule has 1 aliphatic heterocycles. The van der Waals surface area contributed by atoms with Crippen LogP contribution in [0.25, 0.3) is 11.0 Å². The molecule has 3 N–H and O–H groups in total. The third kappa shape index (κ3) is 7.37. The number of rotatable bonds is 9. The molecule has 2 aromatic heterocycles. The Morgan fingerprint density at radius 3 is 2.59 bits per heavy atom. The highest BCUT2D eigenvalue weighted by Gasteiger charge is 2.34. The minimum Gasteiger partial charge on any atom is -0.457 e. The Bertz CT molecular complexity index is 1610. The van der Waals surface area contributed by atoms with Crippen LogP contribution in [0.2, 0.25) is 0 Å². The number of piperidine rings is 1. The lowest BCUT2D eigenvalue weighted by atomic mass is 10.0. The highest BCUT2D eigenvalue weighted by Crippen LogP contribution is 2.31. The van der Waals surface area contributed by atoms with Gasteiger partial charge >= 0.3 is 12.3 Å². The molecule has 232 valence electrons. The smallest absolute Gasteiger partial charge is 0.416 e. The van der Waals surface area contributed by atoms with E-state index in [0.717, 1.165) is 18.6 Å². The van der Waals surface area contributed by atoms with E-state index in [9.17, 15) is 22.8 Å². The number of aromatic amines is 1. The summed E-state index contributed by atoms with van der Waals surface area (Å²) in [5.74, 6) is 0.758. The predicted octanol–water partition coefficient (Wildman–Crippen LogP) is 5.88. The Hall–Kier alpha value is -4.85. The fourth-order valence-corrected chi connectivity index (χ4v) is 4.73. The number of nitrogens with one attached hydrogen (secondary N) is 3. The maximum atomic E-state index is 13.1. The molecule has 14 heteroatoms. The Morgan fingerprint density at radius 1 is 1.09 bits per heavy atom. The van der Waals surface area contributed by atoms with Crippen LogP contribution in [0.15, 0.2) is 60.8 Å². The van der Waals surface area contributed by atoms with Gasteiger partial charge in [0.1, 0.15) is 17.2 Å². The molecular weight excluding hydrogens is 581 g/mol. The fraction of sp³-hybridized carbons (Fsp3) is 0.333. The summed E-state index contributed by atoms with van der Waals surface area (Å²) in [6, 6.07) is 12.6. The second kappa shape index (κ2) is 13.2.